The fourth-order valence-corrected chi connectivity index (χ4v) is 4.05. The van der Waals surface area contributed by atoms with Gasteiger partial charge in [-0.1, -0.05) is 0 Å². The van der Waals surface area contributed by atoms with Gasteiger partial charge in [0.15, 0.2) is 0 Å². The molecule has 0 bridgehead atoms. The highest BCUT2D eigenvalue weighted by molar-refractivity contribution is 8.07. The Labute approximate surface area is 114 Å². The molecule has 18 heavy (non-hydrogen) atoms. The van der Waals surface area contributed by atoms with Gasteiger partial charge in [0.05, 0.1) is 18.9 Å². The molecule has 3 rings (SSSR count). The van der Waals surface area contributed by atoms with Gasteiger partial charge in [-0.05, 0) is 30.0 Å². The minimum Gasteiger partial charge on any atom is -0.399 e. The molecular formula is C11H14N3O2S2+. The van der Waals surface area contributed by atoms with E-state index in [-0.39, 0.29) is 4.71 Å². The second-order valence-corrected chi connectivity index (χ2v) is 6.22. The molecule has 0 radical (unpaired) electrons. The molecule has 1 unspecified atom stereocenters. The van der Waals surface area contributed by atoms with Crippen LogP contribution in [0, 0.1) is 0 Å². The van der Waals surface area contributed by atoms with E-state index in [1.165, 1.54) is 0 Å². The van der Waals surface area contributed by atoms with Crippen LogP contribution in [0.25, 0.3) is 0 Å². The average molecular weight is 284 g/mol. The van der Waals surface area contributed by atoms with Crippen LogP contribution in [-0.2, 0) is 20.6 Å². The number of morpholine rings is 1. The Morgan fingerprint density at radius 3 is 2.89 bits per heavy atom. The molecule has 2 aliphatic heterocycles. The van der Waals surface area contributed by atoms with E-state index >= 15 is 0 Å². The normalized spacial score (nSPS) is 24.0. The predicted octanol–water partition coefficient (Wildman–Crippen LogP) is 1.14. The zero-order valence-electron chi connectivity index (χ0n) is 9.74. The van der Waals surface area contributed by atoms with Crippen molar-refractivity contribution in [3.8, 4) is 0 Å². The number of hydrogen-bond donors (Lipinski definition) is 1. The fraction of sp³-hybridized carbons (Fsp3) is 0.455. The first kappa shape index (κ1) is 12.2. The molecule has 1 aromatic carbocycles. The number of rotatable bonds is 2. The molecular weight excluding hydrogens is 270 g/mol. The number of hydrazine groups is 1. The highest BCUT2D eigenvalue weighted by atomic mass is 32.2. The topological polar surface area (TPSA) is 58.8 Å². The van der Waals surface area contributed by atoms with Crippen molar-refractivity contribution in [2.75, 3.05) is 37.0 Å². The zero-order chi connectivity index (χ0) is 12.5. The maximum Gasteiger partial charge on any atom is 0.500 e. The lowest BCUT2D eigenvalue weighted by Gasteiger charge is -2.34. The molecule has 2 heterocycles. The van der Waals surface area contributed by atoms with Gasteiger partial charge in [-0.15, -0.1) is 0 Å². The van der Waals surface area contributed by atoms with Gasteiger partial charge in [-0.3, -0.25) is 0 Å². The summed E-state index contributed by atoms with van der Waals surface area (Å²) in [5, 5.41) is 4.27. The third-order valence-electron chi connectivity index (χ3n) is 3.03. The van der Waals surface area contributed by atoms with Crippen molar-refractivity contribution in [2.24, 2.45) is 0 Å². The molecule has 0 saturated carbocycles. The first-order valence-electron chi connectivity index (χ1n) is 5.76. The quantitative estimate of drug-likeness (QED) is 0.649. The van der Waals surface area contributed by atoms with Crippen molar-refractivity contribution in [1.29, 1.82) is 0 Å². The lowest BCUT2D eigenvalue weighted by atomic mass is 10.3. The summed E-state index contributed by atoms with van der Waals surface area (Å²) >= 11 is 2.18. The Morgan fingerprint density at radius 2 is 2.17 bits per heavy atom. The summed E-state index contributed by atoms with van der Waals surface area (Å²) in [6.07, 6.45) is 0. The van der Waals surface area contributed by atoms with E-state index in [1.807, 2.05) is 18.2 Å². The molecule has 2 aliphatic rings. The van der Waals surface area contributed by atoms with E-state index in [2.05, 4.69) is 10.0 Å². The number of fused-ring (bicyclic) bond motifs is 1. The van der Waals surface area contributed by atoms with Crippen molar-refractivity contribution in [1.82, 2.24) is 5.01 Å². The Balaban J connectivity index is 1.93. The molecule has 5 nitrogen and oxygen atoms in total. The minimum atomic E-state index is -0.153. The summed E-state index contributed by atoms with van der Waals surface area (Å²) in [6.45, 7) is 3.06. The maximum atomic E-state index is 11.3. The highest BCUT2D eigenvalue weighted by Crippen LogP contribution is 2.44. The third kappa shape index (κ3) is 2.07. The second kappa shape index (κ2) is 5.00. The Morgan fingerprint density at radius 1 is 1.39 bits per heavy atom. The number of thioether (sulfide) groups is 1. The van der Waals surface area contributed by atoms with Crippen LogP contribution in [0.15, 0.2) is 23.1 Å². The minimum absolute atomic E-state index is 0.153. The van der Waals surface area contributed by atoms with Gasteiger partial charge in [0.2, 0.25) is 0 Å². The fourth-order valence-electron chi connectivity index (χ4n) is 2.20. The lowest BCUT2D eigenvalue weighted by Crippen LogP contribution is -2.51. The summed E-state index contributed by atoms with van der Waals surface area (Å²) in [6, 6.07) is 5.80. The molecule has 0 aliphatic carbocycles. The number of benzene rings is 1. The monoisotopic (exact) mass is 284 g/mol. The van der Waals surface area contributed by atoms with Gasteiger partial charge in [0, 0.05) is 27.9 Å². The lowest BCUT2D eigenvalue weighted by molar-refractivity contribution is 0.0331. The summed E-state index contributed by atoms with van der Waals surface area (Å²) in [7, 11) is 0. The summed E-state index contributed by atoms with van der Waals surface area (Å²) < 4.78 is 16.5. The standard InChI is InChI=1S/C11H14N3O2S2/c12-8-1-2-9-10(7-8)17-11(18-15)14(9)13-3-5-16-6-4-13/h1-2,7,11H,3-6,12H2/q+1. The number of hydrogen-bond acceptors (Lipinski definition) is 6. The first-order valence-corrected chi connectivity index (χ1v) is 7.44. The molecule has 1 fully saturated rings. The van der Waals surface area contributed by atoms with Crippen LogP contribution >= 0.6 is 11.8 Å². The van der Waals surface area contributed by atoms with Crippen molar-refractivity contribution >= 4 is 34.8 Å². The molecule has 1 aromatic rings. The number of ether oxygens (including phenoxy) is 1. The van der Waals surface area contributed by atoms with E-state index in [0.717, 1.165) is 29.4 Å². The smallest absolute Gasteiger partial charge is 0.399 e. The van der Waals surface area contributed by atoms with Crippen LogP contribution in [0.2, 0.25) is 0 Å². The van der Waals surface area contributed by atoms with Gasteiger partial charge >= 0.3 is 16.4 Å². The van der Waals surface area contributed by atoms with Crippen LogP contribution in [-0.4, -0.2) is 36.0 Å². The van der Waals surface area contributed by atoms with Crippen molar-refractivity contribution in [3.05, 3.63) is 18.2 Å². The molecule has 0 amide bonds. The second-order valence-electron chi connectivity index (χ2n) is 4.16. The van der Waals surface area contributed by atoms with Crippen molar-refractivity contribution < 1.29 is 8.95 Å². The zero-order valence-corrected chi connectivity index (χ0v) is 11.4. The number of nitrogens with two attached hydrogens (primary N) is 1. The van der Waals surface area contributed by atoms with Gasteiger partial charge < -0.3 is 10.5 Å². The van der Waals surface area contributed by atoms with Crippen molar-refractivity contribution in [2.45, 2.75) is 9.60 Å². The third-order valence-corrected chi connectivity index (χ3v) is 4.90. The largest absolute Gasteiger partial charge is 0.500 e. The molecule has 1 atom stereocenters. The van der Waals surface area contributed by atoms with Crippen LogP contribution in [0.1, 0.15) is 0 Å². The van der Waals surface area contributed by atoms with Gasteiger partial charge in [-0.2, -0.15) is 0 Å². The van der Waals surface area contributed by atoms with Crippen LogP contribution in [0.4, 0.5) is 11.4 Å². The first-order chi connectivity index (χ1) is 8.79. The van der Waals surface area contributed by atoms with Gasteiger partial charge in [0.25, 0.3) is 0 Å². The van der Waals surface area contributed by atoms with Crippen LogP contribution in [0.5, 0.6) is 0 Å². The molecule has 96 valence electrons. The van der Waals surface area contributed by atoms with E-state index < -0.39 is 0 Å². The van der Waals surface area contributed by atoms with Crippen LogP contribution in [0.3, 0.4) is 0 Å². The summed E-state index contributed by atoms with van der Waals surface area (Å²) in [5.41, 5.74) is 7.60. The highest BCUT2D eigenvalue weighted by Gasteiger charge is 2.43. The van der Waals surface area contributed by atoms with E-state index in [1.54, 1.807) is 11.8 Å². The Kier molecular flexibility index (Phi) is 3.38. The molecule has 7 heteroatoms. The van der Waals surface area contributed by atoms with Crippen molar-refractivity contribution in [3.63, 3.8) is 0 Å². The molecule has 0 aromatic heterocycles. The van der Waals surface area contributed by atoms with Gasteiger partial charge in [0.1, 0.15) is 0 Å². The van der Waals surface area contributed by atoms with Crippen LogP contribution < -0.4 is 10.7 Å². The van der Waals surface area contributed by atoms with Gasteiger partial charge in [-0.25, -0.2) is 10.0 Å². The molecule has 1 saturated heterocycles. The average Bonchev–Trinajstić information content (AvgIpc) is 2.77. The SMILES string of the molecule is Nc1ccc2c(c1)SC([S+]=O)N2N1CCOCC1. The maximum absolute atomic E-state index is 11.3. The Hall–Kier alpha value is -0.890. The number of anilines is 2. The summed E-state index contributed by atoms with van der Waals surface area (Å²) in [4.78, 5) is 1.08. The van der Waals surface area contributed by atoms with E-state index in [0.29, 0.717) is 24.9 Å². The van der Waals surface area contributed by atoms with E-state index in [9.17, 15) is 4.21 Å². The predicted molar refractivity (Wildman–Crippen MR) is 73.4 cm³/mol. The Bertz CT molecular complexity index is 466. The number of nitrogen functional groups attached to an aromatic ring is 1. The summed E-state index contributed by atoms with van der Waals surface area (Å²) in [5.74, 6) is 0. The molecule has 0 spiro atoms. The number of nitrogens with zero attached hydrogens (tertiary/aromatic N) is 2. The molecule has 2 N–H and O–H groups in total. The van der Waals surface area contributed by atoms with E-state index in [4.69, 9.17) is 10.5 Å².